The van der Waals surface area contributed by atoms with E-state index < -0.39 is 6.03 Å². The van der Waals surface area contributed by atoms with Crippen molar-refractivity contribution in [1.82, 2.24) is 5.32 Å². The third-order valence-electron chi connectivity index (χ3n) is 6.77. The molecule has 0 aliphatic heterocycles. The van der Waals surface area contributed by atoms with Crippen LogP contribution in [0.3, 0.4) is 0 Å². The van der Waals surface area contributed by atoms with Gasteiger partial charge >= 0.3 is 6.03 Å². The van der Waals surface area contributed by atoms with Gasteiger partial charge in [0, 0.05) is 17.3 Å². The minimum Gasteiger partial charge on any atom is -0.351 e. The molecule has 5 heteroatoms. The molecular formula is C20H27N3O2. The molecule has 0 saturated heterocycles. The molecule has 1 aromatic rings. The minimum absolute atomic E-state index is 0.0335. The highest BCUT2D eigenvalue weighted by Crippen LogP contribution is 2.61. The molecular weight excluding hydrogens is 314 g/mol. The maximum atomic E-state index is 12.7. The number of carbonyl (C=O) groups excluding carboxylic acids is 2. The molecule has 0 radical (unpaired) electrons. The van der Waals surface area contributed by atoms with Crippen molar-refractivity contribution in [2.24, 2.45) is 28.9 Å². The van der Waals surface area contributed by atoms with Crippen molar-refractivity contribution in [3.05, 3.63) is 29.8 Å². The second-order valence-electron chi connectivity index (χ2n) is 8.54. The highest BCUT2D eigenvalue weighted by Gasteiger charge is 2.53. The molecule has 4 aliphatic carbocycles. The predicted molar refractivity (Wildman–Crippen MR) is 97.2 cm³/mol. The van der Waals surface area contributed by atoms with Crippen LogP contribution in [0.15, 0.2) is 24.3 Å². The number of rotatable bonds is 4. The van der Waals surface area contributed by atoms with Crippen molar-refractivity contribution in [1.29, 1.82) is 0 Å². The largest absolute Gasteiger partial charge is 0.351 e. The minimum atomic E-state index is -0.604. The van der Waals surface area contributed by atoms with E-state index in [1.807, 2.05) is 0 Å². The van der Waals surface area contributed by atoms with E-state index in [4.69, 9.17) is 5.73 Å². The van der Waals surface area contributed by atoms with Gasteiger partial charge in [0.05, 0.1) is 0 Å². The quantitative estimate of drug-likeness (QED) is 0.783. The number of nitrogens with one attached hydrogen (secondary N) is 2. The molecule has 1 atom stereocenters. The zero-order valence-corrected chi connectivity index (χ0v) is 14.8. The van der Waals surface area contributed by atoms with Crippen molar-refractivity contribution >= 4 is 17.6 Å². The van der Waals surface area contributed by atoms with Crippen molar-refractivity contribution in [2.75, 3.05) is 5.32 Å². The molecule has 0 spiro atoms. The first kappa shape index (κ1) is 16.4. The average Bonchev–Trinajstić information content (AvgIpc) is 2.53. The van der Waals surface area contributed by atoms with Gasteiger partial charge in [0.15, 0.2) is 0 Å². The molecule has 4 saturated carbocycles. The van der Waals surface area contributed by atoms with Crippen molar-refractivity contribution in [2.45, 2.75) is 51.5 Å². The molecule has 4 aliphatic rings. The normalized spacial score (nSPS) is 33.7. The van der Waals surface area contributed by atoms with Crippen LogP contribution in [0, 0.1) is 23.2 Å². The Kier molecular flexibility index (Phi) is 3.97. The van der Waals surface area contributed by atoms with E-state index in [0.717, 1.165) is 17.8 Å². The Morgan fingerprint density at radius 3 is 2.04 bits per heavy atom. The SMILES string of the molecule is CC(NC(=O)c1ccc(NC(N)=O)cc1)C12CC3CC(CC(C3)C1)C2. The highest BCUT2D eigenvalue weighted by atomic mass is 16.2. The van der Waals surface area contributed by atoms with Gasteiger partial charge in [-0.1, -0.05) is 0 Å². The summed E-state index contributed by atoms with van der Waals surface area (Å²) in [4.78, 5) is 23.5. The van der Waals surface area contributed by atoms with Crippen LogP contribution >= 0.6 is 0 Å². The lowest BCUT2D eigenvalue weighted by Gasteiger charge is -2.59. The van der Waals surface area contributed by atoms with Gasteiger partial charge in [0.1, 0.15) is 0 Å². The van der Waals surface area contributed by atoms with Gasteiger partial charge in [-0.05, 0) is 92.9 Å². The lowest BCUT2D eigenvalue weighted by molar-refractivity contribution is -0.0688. The van der Waals surface area contributed by atoms with Crippen LogP contribution < -0.4 is 16.4 Å². The summed E-state index contributed by atoms with van der Waals surface area (Å²) in [6.07, 6.45) is 8.07. The van der Waals surface area contributed by atoms with Gasteiger partial charge in [-0.15, -0.1) is 0 Å². The Morgan fingerprint density at radius 2 is 1.56 bits per heavy atom. The van der Waals surface area contributed by atoms with Gasteiger partial charge in [-0.2, -0.15) is 0 Å². The summed E-state index contributed by atoms with van der Waals surface area (Å²) < 4.78 is 0. The summed E-state index contributed by atoms with van der Waals surface area (Å²) in [5, 5.41) is 5.77. The van der Waals surface area contributed by atoms with Crippen LogP contribution in [-0.4, -0.2) is 18.0 Å². The van der Waals surface area contributed by atoms with E-state index >= 15 is 0 Å². The fourth-order valence-corrected chi connectivity index (χ4v) is 5.99. The van der Waals surface area contributed by atoms with Crippen LogP contribution in [0.4, 0.5) is 10.5 Å². The molecule has 25 heavy (non-hydrogen) atoms. The van der Waals surface area contributed by atoms with Crippen molar-refractivity contribution in [3.63, 3.8) is 0 Å². The van der Waals surface area contributed by atoms with Gasteiger partial charge < -0.3 is 16.4 Å². The Hall–Kier alpha value is -2.04. The monoisotopic (exact) mass is 341 g/mol. The van der Waals surface area contributed by atoms with E-state index in [1.54, 1.807) is 24.3 Å². The third-order valence-corrected chi connectivity index (χ3v) is 6.77. The van der Waals surface area contributed by atoms with Crippen molar-refractivity contribution < 1.29 is 9.59 Å². The van der Waals surface area contributed by atoms with Crippen LogP contribution in [-0.2, 0) is 0 Å². The number of primary amides is 1. The van der Waals surface area contributed by atoms with Gasteiger partial charge in [-0.25, -0.2) is 4.79 Å². The molecule has 134 valence electrons. The van der Waals surface area contributed by atoms with Gasteiger partial charge in [0.2, 0.25) is 0 Å². The number of amides is 3. The average molecular weight is 341 g/mol. The molecule has 0 heterocycles. The highest BCUT2D eigenvalue weighted by molar-refractivity contribution is 5.95. The summed E-state index contributed by atoms with van der Waals surface area (Å²) in [5.74, 6) is 2.60. The van der Waals surface area contributed by atoms with E-state index in [9.17, 15) is 9.59 Å². The number of carbonyl (C=O) groups is 2. The van der Waals surface area contributed by atoms with E-state index in [-0.39, 0.29) is 11.9 Å². The summed E-state index contributed by atoms with van der Waals surface area (Å²) >= 11 is 0. The molecule has 0 aromatic heterocycles. The maximum absolute atomic E-state index is 12.7. The topological polar surface area (TPSA) is 84.2 Å². The summed E-state index contributed by atoms with van der Waals surface area (Å²) in [7, 11) is 0. The Bertz CT molecular complexity index is 647. The molecule has 3 amide bonds. The molecule has 4 N–H and O–H groups in total. The number of anilines is 1. The smallest absolute Gasteiger partial charge is 0.316 e. The van der Waals surface area contributed by atoms with Crippen LogP contribution in [0.2, 0.25) is 0 Å². The number of hydrogen-bond donors (Lipinski definition) is 3. The maximum Gasteiger partial charge on any atom is 0.316 e. The van der Waals surface area contributed by atoms with Crippen LogP contribution in [0.1, 0.15) is 55.8 Å². The lowest BCUT2D eigenvalue weighted by atomic mass is 9.48. The molecule has 1 aromatic carbocycles. The Morgan fingerprint density at radius 1 is 1.04 bits per heavy atom. The van der Waals surface area contributed by atoms with E-state index in [1.165, 1.54) is 38.5 Å². The van der Waals surface area contributed by atoms with Crippen LogP contribution in [0.5, 0.6) is 0 Å². The number of benzene rings is 1. The van der Waals surface area contributed by atoms with E-state index in [2.05, 4.69) is 17.6 Å². The Labute approximate surface area is 148 Å². The number of nitrogens with two attached hydrogens (primary N) is 1. The van der Waals surface area contributed by atoms with Crippen LogP contribution in [0.25, 0.3) is 0 Å². The first-order valence-corrected chi connectivity index (χ1v) is 9.41. The second kappa shape index (κ2) is 6.04. The Balaban J connectivity index is 1.43. The molecule has 5 rings (SSSR count). The zero-order chi connectivity index (χ0) is 17.6. The zero-order valence-electron chi connectivity index (χ0n) is 14.8. The molecule has 1 unspecified atom stereocenters. The standard InChI is InChI=1S/C20H27N3O2/c1-12(20-9-13-6-14(10-20)8-15(7-13)11-20)22-18(24)16-2-4-17(5-3-16)23-19(21)25/h2-5,12-15H,6-11H2,1H3,(H,22,24)(H3,21,23,25). The number of hydrogen-bond acceptors (Lipinski definition) is 2. The number of urea groups is 1. The second-order valence-corrected chi connectivity index (χ2v) is 8.54. The van der Waals surface area contributed by atoms with Gasteiger partial charge in [-0.3, -0.25) is 4.79 Å². The van der Waals surface area contributed by atoms with E-state index in [0.29, 0.717) is 16.7 Å². The first-order valence-electron chi connectivity index (χ1n) is 9.41. The fourth-order valence-electron chi connectivity index (χ4n) is 5.99. The third kappa shape index (κ3) is 3.12. The first-order chi connectivity index (χ1) is 11.9. The molecule has 4 fully saturated rings. The molecule has 4 bridgehead atoms. The summed E-state index contributed by atoms with van der Waals surface area (Å²) in [6, 6.07) is 6.47. The molecule has 5 nitrogen and oxygen atoms in total. The summed E-state index contributed by atoms with van der Waals surface area (Å²) in [5.41, 5.74) is 6.62. The fraction of sp³-hybridized carbons (Fsp3) is 0.600. The van der Waals surface area contributed by atoms with Gasteiger partial charge in [0.25, 0.3) is 5.91 Å². The summed E-state index contributed by atoms with van der Waals surface area (Å²) in [6.45, 7) is 2.19. The van der Waals surface area contributed by atoms with Crippen molar-refractivity contribution in [3.8, 4) is 0 Å². The predicted octanol–water partition coefficient (Wildman–Crippen LogP) is 3.51. The lowest BCUT2D eigenvalue weighted by Crippen LogP contribution is -2.55.